The summed E-state index contributed by atoms with van der Waals surface area (Å²) in [6.07, 6.45) is 2.28. The maximum absolute atomic E-state index is 12.2. The molecule has 2 aromatic rings. The van der Waals surface area contributed by atoms with E-state index in [1.165, 1.54) is 11.3 Å². The number of halogens is 1. The van der Waals surface area contributed by atoms with Crippen molar-refractivity contribution in [1.29, 1.82) is 0 Å². The van der Waals surface area contributed by atoms with Crippen LogP contribution >= 0.6 is 27.3 Å². The van der Waals surface area contributed by atoms with Crippen LogP contribution in [0.1, 0.15) is 10.6 Å². The molecule has 0 aliphatic carbocycles. The van der Waals surface area contributed by atoms with Gasteiger partial charge in [-0.3, -0.25) is 0 Å². The van der Waals surface area contributed by atoms with Crippen LogP contribution in [0, 0.1) is 0 Å². The minimum atomic E-state index is -3.53. The van der Waals surface area contributed by atoms with Crippen molar-refractivity contribution in [3.05, 3.63) is 44.8 Å². The van der Waals surface area contributed by atoms with Crippen LogP contribution in [0.3, 0.4) is 0 Å². The van der Waals surface area contributed by atoms with E-state index in [0.29, 0.717) is 24.0 Å². The Bertz CT molecular complexity index is 672. The molecular weight excluding hydrogens is 362 g/mol. The smallest absolute Gasteiger partial charge is 0.241 e. The Labute approximate surface area is 130 Å². The molecule has 1 aromatic carbocycles. The number of nitrogens with one attached hydrogen (secondary N) is 1. The van der Waals surface area contributed by atoms with E-state index in [2.05, 4.69) is 25.6 Å². The second-order valence-electron chi connectivity index (χ2n) is 4.04. The van der Waals surface area contributed by atoms with E-state index in [-0.39, 0.29) is 4.90 Å². The van der Waals surface area contributed by atoms with Gasteiger partial charge in [0.15, 0.2) is 0 Å². The molecule has 1 aromatic heterocycles. The van der Waals surface area contributed by atoms with E-state index in [9.17, 15) is 8.42 Å². The molecule has 0 aliphatic heterocycles. The molecule has 1 heterocycles. The fourth-order valence-electron chi connectivity index (χ4n) is 1.64. The Kier molecular flexibility index (Phi) is 5.28. The highest BCUT2D eigenvalue weighted by molar-refractivity contribution is 9.10. The molecule has 0 aliphatic rings. The maximum Gasteiger partial charge on any atom is 0.241 e. The molecule has 3 N–H and O–H groups in total. The summed E-state index contributed by atoms with van der Waals surface area (Å²) < 4.78 is 27.5. The lowest BCUT2D eigenvalue weighted by Gasteiger charge is -2.09. The fraction of sp³-hybridized carbons (Fsp3) is 0.250. The zero-order chi connectivity index (χ0) is 14.6. The quantitative estimate of drug-likeness (QED) is 0.806. The SMILES string of the molecule is NCc1ccc(S(=O)(=O)NCCc2nccs2)c(Br)c1. The van der Waals surface area contributed by atoms with Crippen molar-refractivity contribution in [2.75, 3.05) is 6.54 Å². The predicted molar refractivity (Wildman–Crippen MR) is 83.0 cm³/mol. The van der Waals surface area contributed by atoms with E-state index in [0.717, 1.165) is 10.6 Å². The van der Waals surface area contributed by atoms with E-state index >= 15 is 0 Å². The molecule has 0 radical (unpaired) electrons. The molecule has 0 spiro atoms. The van der Waals surface area contributed by atoms with Gasteiger partial charge in [0.2, 0.25) is 10.0 Å². The van der Waals surface area contributed by atoms with Gasteiger partial charge in [0.25, 0.3) is 0 Å². The van der Waals surface area contributed by atoms with Crippen LogP contribution in [-0.2, 0) is 23.0 Å². The minimum absolute atomic E-state index is 0.217. The van der Waals surface area contributed by atoms with Gasteiger partial charge in [-0.1, -0.05) is 6.07 Å². The average molecular weight is 376 g/mol. The Morgan fingerprint density at radius 1 is 1.40 bits per heavy atom. The zero-order valence-electron chi connectivity index (χ0n) is 10.5. The first-order chi connectivity index (χ1) is 9.53. The van der Waals surface area contributed by atoms with Crippen LogP contribution in [0.15, 0.2) is 39.1 Å². The van der Waals surface area contributed by atoms with Gasteiger partial charge in [-0.2, -0.15) is 0 Å². The second-order valence-corrected chi connectivity index (χ2v) is 7.61. The van der Waals surface area contributed by atoms with Crippen LogP contribution in [0.5, 0.6) is 0 Å². The number of benzene rings is 1. The predicted octanol–water partition coefficient (Wildman–Crippen LogP) is 1.89. The molecule has 8 heteroatoms. The number of thiazole rings is 1. The lowest BCUT2D eigenvalue weighted by atomic mass is 10.2. The number of nitrogens with zero attached hydrogens (tertiary/aromatic N) is 1. The molecule has 108 valence electrons. The summed E-state index contributed by atoms with van der Waals surface area (Å²) in [6, 6.07) is 4.98. The number of nitrogens with two attached hydrogens (primary N) is 1. The minimum Gasteiger partial charge on any atom is -0.326 e. The summed E-state index contributed by atoms with van der Waals surface area (Å²) in [4.78, 5) is 4.33. The highest BCUT2D eigenvalue weighted by Gasteiger charge is 2.17. The summed E-state index contributed by atoms with van der Waals surface area (Å²) in [7, 11) is -3.53. The lowest BCUT2D eigenvalue weighted by molar-refractivity contribution is 0.581. The first kappa shape index (κ1) is 15.6. The van der Waals surface area contributed by atoms with Gasteiger partial charge in [-0.15, -0.1) is 11.3 Å². The van der Waals surface area contributed by atoms with E-state index in [1.807, 2.05) is 5.38 Å². The maximum atomic E-state index is 12.2. The topological polar surface area (TPSA) is 85.1 Å². The summed E-state index contributed by atoms with van der Waals surface area (Å²) in [5, 5.41) is 2.77. The molecule has 0 unspecified atom stereocenters. The fourth-order valence-corrected chi connectivity index (χ4v) is 4.41. The van der Waals surface area contributed by atoms with Crippen LogP contribution in [0.25, 0.3) is 0 Å². The van der Waals surface area contributed by atoms with E-state index in [4.69, 9.17) is 5.73 Å². The third kappa shape index (κ3) is 3.86. The number of aromatic nitrogens is 1. The monoisotopic (exact) mass is 375 g/mol. The van der Waals surface area contributed by atoms with Crippen LogP contribution in [0.4, 0.5) is 0 Å². The van der Waals surface area contributed by atoms with Crippen molar-refractivity contribution < 1.29 is 8.42 Å². The number of sulfonamides is 1. The molecule has 2 rings (SSSR count). The van der Waals surface area contributed by atoms with Crippen LogP contribution < -0.4 is 10.5 Å². The van der Waals surface area contributed by atoms with Gasteiger partial charge in [-0.25, -0.2) is 18.1 Å². The lowest BCUT2D eigenvalue weighted by Crippen LogP contribution is -2.26. The van der Waals surface area contributed by atoms with Crippen molar-refractivity contribution in [2.45, 2.75) is 17.9 Å². The van der Waals surface area contributed by atoms with Gasteiger partial charge in [0.05, 0.1) is 9.90 Å². The van der Waals surface area contributed by atoms with Crippen LogP contribution in [0.2, 0.25) is 0 Å². The summed E-state index contributed by atoms with van der Waals surface area (Å²) in [6.45, 7) is 0.692. The number of rotatable bonds is 6. The first-order valence-corrected chi connectivity index (χ1v) is 9.05. The summed E-state index contributed by atoms with van der Waals surface area (Å²) >= 11 is 4.78. The first-order valence-electron chi connectivity index (χ1n) is 5.89. The molecule has 5 nitrogen and oxygen atoms in total. The van der Waals surface area contributed by atoms with Gasteiger partial charge < -0.3 is 5.73 Å². The molecule has 0 saturated heterocycles. The molecule has 0 amide bonds. The summed E-state index contributed by atoms with van der Waals surface area (Å²) in [5.74, 6) is 0. The third-order valence-corrected chi connectivity index (χ3v) is 5.91. The van der Waals surface area contributed by atoms with Crippen molar-refractivity contribution in [3.8, 4) is 0 Å². The molecule has 0 fully saturated rings. The highest BCUT2D eigenvalue weighted by Crippen LogP contribution is 2.23. The normalized spacial score (nSPS) is 11.7. The average Bonchev–Trinajstić information content (AvgIpc) is 2.91. The van der Waals surface area contributed by atoms with E-state index in [1.54, 1.807) is 24.4 Å². The molecule has 0 saturated carbocycles. The van der Waals surface area contributed by atoms with Crippen LogP contribution in [-0.4, -0.2) is 19.9 Å². The van der Waals surface area contributed by atoms with E-state index < -0.39 is 10.0 Å². The Morgan fingerprint density at radius 3 is 2.80 bits per heavy atom. The highest BCUT2D eigenvalue weighted by atomic mass is 79.9. The Balaban J connectivity index is 2.06. The largest absolute Gasteiger partial charge is 0.326 e. The van der Waals surface area contributed by atoms with Gasteiger partial charge in [0.1, 0.15) is 0 Å². The third-order valence-electron chi connectivity index (χ3n) is 2.64. The molecular formula is C12H14BrN3O2S2. The molecule has 0 atom stereocenters. The zero-order valence-corrected chi connectivity index (χ0v) is 13.8. The molecule has 20 heavy (non-hydrogen) atoms. The van der Waals surface area contributed by atoms with Crippen molar-refractivity contribution in [1.82, 2.24) is 9.71 Å². The number of hydrogen-bond donors (Lipinski definition) is 2. The van der Waals surface area contributed by atoms with Gasteiger partial charge in [-0.05, 0) is 33.6 Å². The van der Waals surface area contributed by atoms with Crippen molar-refractivity contribution in [2.24, 2.45) is 5.73 Å². The molecule has 0 bridgehead atoms. The standard InChI is InChI=1S/C12H14BrN3O2S2/c13-10-7-9(8-14)1-2-11(10)20(17,18)16-4-3-12-15-5-6-19-12/h1-2,5-7,16H,3-4,8,14H2. The Morgan fingerprint density at radius 2 is 2.20 bits per heavy atom. The number of hydrogen-bond acceptors (Lipinski definition) is 5. The van der Waals surface area contributed by atoms with Gasteiger partial charge in [0, 0.05) is 35.6 Å². The van der Waals surface area contributed by atoms with Gasteiger partial charge >= 0.3 is 0 Å². The Hall–Kier alpha value is -0.800. The summed E-state index contributed by atoms with van der Waals surface area (Å²) in [5.41, 5.74) is 6.39. The van der Waals surface area contributed by atoms with Crippen molar-refractivity contribution in [3.63, 3.8) is 0 Å². The van der Waals surface area contributed by atoms with Crippen molar-refractivity contribution >= 4 is 37.3 Å². The second kappa shape index (κ2) is 6.77.